The third kappa shape index (κ3) is 5.74. The van der Waals surface area contributed by atoms with Crippen molar-refractivity contribution in [1.29, 1.82) is 0 Å². The van der Waals surface area contributed by atoms with Gasteiger partial charge in [0, 0.05) is 6.07 Å². The van der Waals surface area contributed by atoms with Crippen LogP contribution in [-0.2, 0) is 0 Å². The molecule has 0 aliphatic heterocycles. The molecule has 1 nitrogen and oxygen atoms in total. The molecule has 0 spiro atoms. The maximum atomic E-state index is 12.6. The van der Waals surface area contributed by atoms with Crippen LogP contribution in [0, 0.1) is 11.7 Å². The topological polar surface area (TPSA) is 9.23 Å². The summed E-state index contributed by atoms with van der Waals surface area (Å²) in [6.45, 7) is 5.05. The predicted molar refractivity (Wildman–Crippen MR) is 64.8 cm³/mol. The largest absolute Gasteiger partial charge is 0.493 e. The Kier molecular flexibility index (Phi) is 5.63. The normalized spacial score (nSPS) is 14.1. The third-order valence-electron chi connectivity index (χ3n) is 1.98. The fraction of sp³-hybridized carbons (Fsp3) is 0.500. The number of halogens is 1. The van der Waals surface area contributed by atoms with Crippen LogP contribution in [0.25, 0.3) is 0 Å². The summed E-state index contributed by atoms with van der Waals surface area (Å²) in [4.78, 5) is 0. The molecular weight excluding hydrogens is 210 g/mol. The molecule has 1 aromatic rings. The van der Waals surface area contributed by atoms with Crippen molar-refractivity contribution in [3.05, 3.63) is 30.1 Å². The molecule has 0 saturated heterocycles. The highest BCUT2D eigenvalue weighted by molar-refractivity contribution is 7.35. The monoisotopic (exact) mass is 228 g/mol. The van der Waals surface area contributed by atoms with Gasteiger partial charge in [0.15, 0.2) is 0 Å². The molecule has 1 fully saturated rings. The molecule has 0 radical (unpaired) electrons. The van der Waals surface area contributed by atoms with Crippen LogP contribution in [0.15, 0.2) is 24.3 Å². The van der Waals surface area contributed by atoms with Gasteiger partial charge in [-0.2, -0.15) is 0 Å². The van der Waals surface area contributed by atoms with E-state index in [0.717, 1.165) is 15.2 Å². The molecule has 1 aliphatic rings. The minimum absolute atomic E-state index is 0.233. The number of benzene rings is 1. The van der Waals surface area contributed by atoms with Gasteiger partial charge in [0.25, 0.3) is 0 Å². The lowest BCUT2D eigenvalue weighted by atomic mass is 10.3. The van der Waals surface area contributed by atoms with Crippen molar-refractivity contribution in [2.45, 2.75) is 12.8 Å². The van der Waals surface area contributed by atoms with E-state index in [1.54, 1.807) is 12.1 Å². The van der Waals surface area contributed by atoms with Gasteiger partial charge in [-0.1, -0.05) is 6.07 Å². The molecule has 0 amide bonds. The first-order chi connectivity index (χ1) is 7.26. The molecule has 1 aliphatic carbocycles. The van der Waals surface area contributed by atoms with Gasteiger partial charge in [-0.15, -0.1) is 8.58 Å². The third-order valence-corrected chi connectivity index (χ3v) is 1.98. The quantitative estimate of drug-likeness (QED) is 0.719. The molecule has 0 aromatic heterocycles. The molecule has 0 atom stereocenters. The summed E-state index contributed by atoms with van der Waals surface area (Å²) in [5.41, 5.74) is 0. The Morgan fingerprint density at radius 3 is 2.60 bits per heavy atom. The Morgan fingerprint density at radius 1 is 1.40 bits per heavy atom. The molecule has 0 N–H and O–H groups in total. The van der Waals surface area contributed by atoms with Crippen molar-refractivity contribution in [1.82, 2.24) is 0 Å². The van der Waals surface area contributed by atoms with Crippen LogP contribution in [0.3, 0.4) is 0 Å². The van der Waals surface area contributed by atoms with E-state index in [1.807, 2.05) is 0 Å². The molecule has 1 saturated carbocycles. The number of rotatable bonds is 3. The van der Waals surface area contributed by atoms with E-state index >= 15 is 0 Å². The Hall–Kier alpha value is -0.620. The van der Waals surface area contributed by atoms with Gasteiger partial charge in [0.05, 0.1) is 6.61 Å². The fourth-order valence-electron chi connectivity index (χ4n) is 1.06. The Balaban J connectivity index is 0.000000337. The van der Waals surface area contributed by atoms with E-state index in [9.17, 15) is 4.39 Å². The van der Waals surface area contributed by atoms with Gasteiger partial charge in [-0.25, -0.2) is 4.39 Å². The first kappa shape index (κ1) is 12.4. The number of hydrogen-bond acceptors (Lipinski definition) is 1. The van der Waals surface area contributed by atoms with Gasteiger partial charge in [0.1, 0.15) is 11.6 Å². The molecular formula is C12H18FOP. The van der Waals surface area contributed by atoms with Crippen LogP contribution < -0.4 is 4.74 Å². The molecule has 0 unspecified atom stereocenters. The molecule has 0 bridgehead atoms. The highest BCUT2D eigenvalue weighted by Crippen LogP contribution is 2.29. The average Bonchev–Trinajstić information content (AvgIpc) is 2.99. The van der Waals surface area contributed by atoms with Crippen molar-refractivity contribution >= 4 is 8.58 Å². The van der Waals surface area contributed by atoms with Crippen LogP contribution in [-0.4, -0.2) is 19.9 Å². The first-order valence-corrected chi connectivity index (χ1v) is 7.23. The predicted octanol–water partition coefficient (Wildman–Crippen LogP) is 3.54. The van der Waals surface area contributed by atoms with Crippen molar-refractivity contribution in [3.63, 3.8) is 0 Å². The lowest BCUT2D eigenvalue weighted by Crippen LogP contribution is -1.98. The second kappa shape index (κ2) is 6.79. The average molecular weight is 228 g/mol. The summed E-state index contributed by atoms with van der Waals surface area (Å²) >= 11 is 0. The summed E-state index contributed by atoms with van der Waals surface area (Å²) in [6, 6.07) is 6.29. The van der Waals surface area contributed by atoms with Gasteiger partial charge in [-0.3, -0.25) is 0 Å². The summed E-state index contributed by atoms with van der Waals surface area (Å²) in [5, 5.41) is 0. The molecule has 3 heteroatoms. The highest BCUT2D eigenvalue weighted by atomic mass is 31.1. The molecule has 2 rings (SSSR count). The molecule has 0 heterocycles. The smallest absolute Gasteiger partial charge is 0.126 e. The zero-order valence-electron chi connectivity index (χ0n) is 9.29. The minimum Gasteiger partial charge on any atom is -0.493 e. The van der Waals surface area contributed by atoms with Crippen molar-refractivity contribution in [2.75, 3.05) is 19.9 Å². The lowest BCUT2D eigenvalue weighted by Gasteiger charge is -2.03. The first-order valence-electron chi connectivity index (χ1n) is 5.23. The second-order valence-electron chi connectivity index (χ2n) is 3.71. The fourth-order valence-corrected chi connectivity index (χ4v) is 1.06. The second-order valence-corrected chi connectivity index (χ2v) is 4.71. The zero-order valence-corrected chi connectivity index (χ0v) is 10.3. The van der Waals surface area contributed by atoms with E-state index < -0.39 is 0 Å². The minimum atomic E-state index is -0.233. The summed E-state index contributed by atoms with van der Waals surface area (Å²) in [7, 11) is 1.08. The standard InChI is InChI=1S/C10H11FO.C2H7P/c11-9-2-1-3-10(6-9)12-7-8-4-5-8;1-3-2/h1-3,6,8H,4-5,7H2;3H,1-2H3. The van der Waals surface area contributed by atoms with Gasteiger partial charge < -0.3 is 4.74 Å². The summed E-state index contributed by atoms with van der Waals surface area (Å²) < 4.78 is 18.0. The Bertz CT molecular complexity index is 287. The van der Waals surface area contributed by atoms with Gasteiger partial charge in [0.2, 0.25) is 0 Å². The zero-order chi connectivity index (χ0) is 11.1. The van der Waals surface area contributed by atoms with Gasteiger partial charge >= 0.3 is 0 Å². The highest BCUT2D eigenvalue weighted by Gasteiger charge is 2.21. The van der Waals surface area contributed by atoms with Crippen LogP contribution >= 0.6 is 8.58 Å². The lowest BCUT2D eigenvalue weighted by molar-refractivity contribution is 0.298. The summed E-state index contributed by atoms with van der Waals surface area (Å²) in [6.07, 6.45) is 2.52. The van der Waals surface area contributed by atoms with E-state index in [1.165, 1.54) is 25.0 Å². The van der Waals surface area contributed by atoms with Gasteiger partial charge in [-0.05, 0) is 44.2 Å². The number of ether oxygens (including phenoxy) is 1. The van der Waals surface area contributed by atoms with Crippen LogP contribution in [0.5, 0.6) is 5.75 Å². The maximum Gasteiger partial charge on any atom is 0.126 e. The Morgan fingerprint density at radius 2 is 2.07 bits per heavy atom. The molecule has 1 aromatic carbocycles. The van der Waals surface area contributed by atoms with E-state index in [-0.39, 0.29) is 5.82 Å². The van der Waals surface area contributed by atoms with E-state index in [2.05, 4.69) is 13.3 Å². The van der Waals surface area contributed by atoms with Crippen LogP contribution in [0.4, 0.5) is 4.39 Å². The number of hydrogen-bond donors (Lipinski definition) is 0. The Labute approximate surface area is 92.8 Å². The molecule has 84 valence electrons. The van der Waals surface area contributed by atoms with Crippen molar-refractivity contribution in [2.24, 2.45) is 5.92 Å². The molecule has 15 heavy (non-hydrogen) atoms. The van der Waals surface area contributed by atoms with Crippen molar-refractivity contribution in [3.8, 4) is 5.75 Å². The van der Waals surface area contributed by atoms with Crippen LogP contribution in [0.1, 0.15) is 12.8 Å². The summed E-state index contributed by atoms with van der Waals surface area (Å²) in [5.74, 6) is 1.12. The van der Waals surface area contributed by atoms with Crippen LogP contribution in [0.2, 0.25) is 0 Å². The maximum absolute atomic E-state index is 12.6. The van der Waals surface area contributed by atoms with Crippen molar-refractivity contribution < 1.29 is 9.13 Å². The van der Waals surface area contributed by atoms with E-state index in [4.69, 9.17) is 4.74 Å². The SMILES string of the molecule is CPC.Fc1cccc(OCC2CC2)c1. The van der Waals surface area contributed by atoms with E-state index in [0.29, 0.717) is 11.7 Å².